The molecule has 4 aromatic rings. The van der Waals surface area contributed by atoms with Crippen molar-refractivity contribution in [2.24, 2.45) is 0 Å². The number of fused-ring (bicyclic) bond motifs is 1. The molecule has 0 saturated heterocycles. The largest absolute Gasteiger partial charge is 0.493 e. The quantitative estimate of drug-likeness (QED) is 0.388. The van der Waals surface area contributed by atoms with Crippen molar-refractivity contribution in [1.82, 2.24) is 29.3 Å². The molecule has 0 unspecified atom stereocenters. The standard InChI is InChI=1S/C25H23F3N6O/c1-16-14-33(15-30-16)24-21(35-2)12-17(13-29-24)9-10-22-31-23-19(7-5-11-34(23)32-22)18-6-3-4-8-20(18)25(26,27)28/h3-4,6,8-10,12-15,19H,5,7,11H2,1-2H3/b10-9+/t19-/m0/s1. The van der Waals surface area contributed by atoms with Crippen molar-refractivity contribution in [3.05, 3.63) is 83.1 Å². The number of ether oxygens (including phenoxy) is 1. The lowest BCUT2D eigenvalue weighted by Crippen LogP contribution is -2.21. The van der Waals surface area contributed by atoms with Gasteiger partial charge in [0.2, 0.25) is 0 Å². The molecular formula is C25H23F3N6O. The van der Waals surface area contributed by atoms with Gasteiger partial charge in [0, 0.05) is 24.9 Å². The van der Waals surface area contributed by atoms with Crippen LogP contribution in [0.1, 0.15) is 52.8 Å². The lowest BCUT2D eigenvalue weighted by molar-refractivity contribution is -0.138. The minimum atomic E-state index is -4.42. The molecule has 5 rings (SSSR count). The highest BCUT2D eigenvalue weighted by Gasteiger charge is 2.37. The number of alkyl halides is 3. The van der Waals surface area contributed by atoms with Crippen molar-refractivity contribution < 1.29 is 17.9 Å². The molecule has 0 amide bonds. The van der Waals surface area contributed by atoms with Gasteiger partial charge in [-0.15, -0.1) is 0 Å². The van der Waals surface area contributed by atoms with E-state index in [0.29, 0.717) is 36.2 Å². The van der Waals surface area contributed by atoms with Crippen LogP contribution in [-0.4, -0.2) is 36.4 Å². The van der Waals surface area contributed by atoms with Crippen molar-refractivity contribution >= 4 is 12.2 Å². The Morgan fingerprint density at radius 1 is 1.14 bits per heavy atom. The Hall–Kier alpha value is -3.95. The molecule has 7 nitrogen and oxygen atoms in total. The molecule has 4 heterocycles. The van der Waals surface area contributed by atoms with Crippen LogP contribution < -0.4 is 4.74 Å². The molecule has 10 heteroatoms. The average molecular weight is 480 g/mol. The van der Waals surface area contributed by atoms with E-state index in [2.05, 4.69) is 20.1 Å². The molecule has 1 aromatic carbocycles. The molecule has 1 aliphatic heterocycles. The van der Waals surface area contributed by atoms with Gasteiger partial charge in [0.1, 0.15) is 12.2 Å². The van der Waals surface area contributed by atoms with Gasteiger partial charge in [0.25, 0.3) is 0 Å². The average Bonchev–Trinajstić information content (AvgIpc) is 3.47. The number of pyridine rings is 1. The minimum absolute atomic E-state index is 0.239. The fourth-order valence-electron chi connectivity index (χ4n) is 4.39. The maximum absolute atomic E-state index is 13.6. The zero-order valence-electron chi connectivity index (χ0n) is 19.2. The smallest absolute Gasteiger partial charge is 0.416 e. The Morgan fingerprint density at radius 2 is 1.97 bits per heavy atom. The number of aromatic nitrogens is 6. The van der Waals surface area contributed by atoms with E-state index < -0.39 is 17.7 Å². The highest BCUT2D eigenvalue weighted by Crippen LogP contribution is 2.40. The van der Waals surface area contributed by atoms with E-state index in [0.717, 1.165) is 23.7 Å². The predicted molar refractivity (Wildman–Crippen MR) is 124 cm³/mol. The van der Waals surface area contributed by atoms with Crippen LogP contribution in [0.25, 0.3) is 18.0 Å². The molecule has 35 heavy (non-hydrogen) atoms. The number of hydrogen-bond donors (Lipinski definition) is 0. The fraction of sp³-hybridized carbons (Fsp3) is 0.280. The summed E-state index contributed by atoms with van der Waals surface area (Å²) in [6.07, 6.45) is 5.65. The predicted octanol–water partition coefficient (Wildman–Crippen LogP) is 5.29. The molecule has 0 aliphatic carbocycles. The summed E-state index contributed by atoms with van der Waals surface area (Å²) in [4.78, 5) is 13.3. The third kappa shape index (κ3) is 4.55. The van der Waals surface area contributed by atoms with Crippen molar-refractivity contribution in [1.29, 1.82) is 0 Å². The molecule has 0 saturated carbocycles. The summed E-state index contributed by atoms with van der Waals surface area (Å²) in [6, 6.07) is 7.55. The second-order valence-corrected chi connectivity index (χ2v) is 8.38. The normalized spacial score (nSPS) is 16.0. The van der Waals surface area contributed by atoms with Gasteiger partial charge < -0.3 is 4.74 Å². The Balaban J connectivity index is 1.43. The second kappa shape index (κ2) is 9.01. The Morgan fingerprint density at radius 3 is 2.71 bits per heavy atom. The van der Waals surface area contributed by atoms with Crippen LogP contribution in [0, 0.1) is 6.92 Å². The van der Waals surface area contributed by atoms with Gasteiger partial charge in [-0.2, -0.15) is 18.3 Å². The summed E-state index contributed by atoms with van der Waals surface area (Å²) in [6.45, 7) is 2.51. The van der Waals surface area contributed by atoms with Gasteiger partial charge >= 0.3 is 6.18 Å². The van der Waals surface area contributed by atoms with E-state index in [-0.39, 0.29) is 5.56 Å². The Labute approximate surface area is 199 Å². The number of halogens is 3. The van der Waals surface area contributed by atoms with E-state index in [9.17, 15) is 13.2 Å². The van der Waals surface area contributed by atoms with Crippen LogP contribution in [0.15, 0.2) is 49.1 Å². The van der Waals surface area contributed by atoms with Crippen molar-refractivity contribution in [3.8, 4) is 11.6 Å². The molecule has 3 aromatic heterocycles. The number of hydrogen-bond acceptors (Lipinski definition) is 5. The summed E-state index contributed by atoms with van der Waals surface area (Å²) in [7, 11) is 1.57. The first kappa shape index (κ1) is 22.8. The molecule has 0 fully saturated rings. The lowest BCUT2D eigenvalue weighted by atomic mass is 9.88. The Bertz CT molecular complexity index is 1390. The molecule has 0 radical (unpaired) electrons. The van der Waals surface area contributed by atoms with Crippen LogP contribution in [0.2, 0.25) is 0 Å². The molecule has 0 bridgehead atoms. The molecule has 0 spiro atoms. The maximum Gasteiger partial charge on any atom is 0.416 e. The Kier molecular flexibility index (Phi) is 5.88. The molecule has 180 valence electrons. The first-order valence-corrected chi connectivity index (χ1v) is 11.2. The SMILES string of the molecule is COc1cc(/C=C/c2nc3n(n2)CCC[C@H]3c2ccccc2C(F)(F)F)cnc1-n1cnc(C)c1. The molecule has 1 aliphatic rings. The monoisotopic (exact) mass is 480 g/mol. The summed E-state index contributed by atoms with van der Waals surface area (Å²) < 4.78 is 49.8. The van der Waals surface area contributed by atoms with Gasteiger partial charge in [-0.05, 0) is 55.2 Å². The van der Waals surface area contributed by atoms with E-state index >= 15 is 0 Å². The topological polar surface area (TPSA) is 70.7 Å². The molecule has 0 N–H and O–H groups in total. The second-order valence-electron chi connectivity index (χ2n) is 8.38. The van der Waals surface area contributed by atoms with Gasteiger partial charge in [0.15, 0.2) is 17.4 Å². The zero-order chi connectivity index (χ0) is 24.6. The van der Waals surface area contributed by atoms with Gasteiger partial charge in [-0.25, -0.2) is 19.6 Å². The van der Waals surface area contributed by atoms with Gasteiger partial charge in [0.05, 0.1) is 18.4 Å². The molecule has 1 atom stereocenters. The highest BCUT2D eigenvalue weighted by molar-refractivity contribution is 5.67. The van der Waals surface area contributed by atoms with Crippen molar-refractivity contribution in [2.75, 3.05) is 7.11 Å². The summed E-state index contributed by atoms with van der Waals surface area (Å²) in [5, 5.41) is 4.52. The van der Waals surface area contributed by atoms with Crippen molar-refractivity contribution in [2.45, 2.75) is 38.4 Å². The number of methoxy groups -OCH3 is 1. The number of imidazole rings is 1. The highest BCUT2D eigenvalue weighted by atomic mass is 19.4. The van der Waals surface area contributed by atoms with Crippen LogP contribution in [0.3, 0.4) is 0 Å². The van der Waals surface area contributed by atoms with Gasteiger partial charge in [-0.1, -0.05) is 18.2 Å². The van der Waals surface area contributed by atoms with Crippen molar-refractivity contribution in [3.63, 3.8) is 0 Å². The summed E-state index contributed by atoms with van der Waals surface area (Å²) in [5.41, 5.74) is 1.26. The third-order valence-corrected chi connectivity index (χ3v) is 5.99. The number of nitrogens with zero attached hydrogens (tertiary/aromatic N) is 6. The fourth-order valence-corrected chi connectivity index (χ4v) is 4.39. The third-order valence-electron chi connectivity index (χ3n) is 5.99. The van der Waals surface area contributed by atoms with Crippen LogP contribution in [0.4, 0.5) is 13.2 Å². The van der Waals surface area contributed by atoms with Crippen LogP contribution in [-0.2, 0) is 12.7 Å². The van der Waals surface area contributed by atoms with E-state index in [1.807, 2.05) is 19.2 Å². The van der Waals surface area contributed by atoms with E-state index in [1.165, 1.54) is 12.1 Å². The lowest BCUT2D eigenvalue weighted by Gasteiger charge is -2.25. The maximum atomic E-state index is 13.6. The zero-order valence-corrected chi connectivity index (χ0v) is 19.2. The first-order chi connectivity index (χ1) is 16.8. The number of benzene rings is 1. The van der Waals surface area contributed by atoms with Crippen LogP contribution in [0.5, 0.6) is 5.75 Å². The van der Waals surface area contributed by atoms with Crippen LogP contribution >= 0.6 is 0 Å². The summed E-state index contributed by atoms with van der Waals surface area (Å²) in [5.74, 6) is 1.71. The van der Waals surface area contributed by atoms with E-state index in [1.54, 1.807) is 47.1 Å². The summed E-state index contributed by atoms with van der Waals surface area (Å²) >= 11 is 0. The number of aryl methyl sites for hydroxylation is 2. The first-order valence-electron chi connectivity index (χ1n) is 11.2. The van der Waals surface area contributed by atoms with E-state index in [4.69, 9.17) is 4.74 Å². The minimum Gasteiger partial charge on any atom is -0.493 e. The van der Waals surface area contributed by atoms with Gasteiger partial charge in [-0.3, -0.25) is 4.57 Å². The molecular weight excluding hydrogens is 457 g/mol. The number of rotatable bonds is 5.